The van der Waals surface area contributed by atoms with Gasteiger partial charge in [0.1, 0.15) is 0 Å². The fraction of sp³-hybridized carbons (Fsp3) is 0.214. The molecule has 3 nitrogen and oxygen atoms in total. The van der Waals surface area contributed by atoms with Gasteiger partial charge in [0, 0.05) is 15.6 Å². The lowest BCUT2D eigenvalue weighted by molar-refractivity contribution is -0.120. The smallest absolute Gasteiger partial charge is 0.239 e. The number of anilines is 1. The number of hydrogen-bond acceptors (Lipinski definition) is 3. The Labute approximate surface area is 121 Å². The lowest BCUT2D eigenvalue weighted by Crippen LogP contribution is -2.31. The van der Waals surface area contributed by atoms with Gasteiger partial charge in [0.25, 0.3) is 0 Å². The molecule has 2 aromatic rings. The van der Waals surface area contributed by atoms with Gasteiger partial charge >= 0.3 is 0 Å². The lowest BCUT2D eigenvalue weighted by atomic mass is 10.2. The van der Waals surface area contributed by atoms with Crippen LogP contribution in [-0.4, -0.2) is 12.5 Å². The first-order valence-electron chi connectivity index (χ1n) is 5.97. The summed E-state index contributed by atoms with van der Waals surface area (Å²) in [4.78, 5) is 13.0. The fourth-order valence-corrected chi connectivity index (χ4v) is 2.61. The van der Waals surface area contributed by atoms with E-state index in [0.717, 1.165) is 10.6 Å². The summed E-state index contributed by atoms with van der Waals surface area (Å²) >= 11 is 7.51. The molecule has 0 aliphatic rings. The number of halogens is 1. The Balaban J connectivity index is 1.82. The molecule has 2 N–H and O–H groups in total. The van der Waals surface area contributed by atoms with Crippen LogP contribution >= 0.6 is 22.9 Å². The second-order valence-corrected chi connectivity index (χ2v) is 5.58. The number of hydrogen-bond donors (Lipinski definition) is 2. The Morgan fingerprint density at radius 3 is 2.89 bits per heavy atom. The van der Waals surface area contributed by atoms with Gasteiger partial charge in [-0.25, -0.2) is 0 Å². The Morgan fingerprint density at radius 2 is 2.21 bits per heavy atom. The number of carbonyl (C=O) groups is 1. The molecule has 1 aromatic carbocycles. The van der Waals surface area contributed by atoms with Crippen molar-refractivity contribution in [3.63, 3.8) is 0 Å². The van der Waals surface area contributed by atoms with Crippen molar-refractivity contribution in [2.75, 3.05) is 11.9 Å². The summed E-state index contributed by atoms with van der Waals surface area (Å²) in [6.07, 6.45) is 0. The van der Waals surface area contributed by atoms with Crippen molar-refractivity contribution in [2.45, 2.75) is 13.0 Å². The van der Waals surface area contributed by atoms with Crippen molar-refractivity contribution in [2.24, 2.45) is 0 Å². The Hall–Kier alpha value is -1.52. The van der Waals surface area contributed by atoms with Crippen molar-refractivity contribution < 1.29 is 4.79 Å². The van der Waals surface area contributed by atoms with Crippen molar-refractivity contribution in [1.29, 1.82) is 0 Å². The lowest BCUT2D eigenvalue weighted by Gasteiger charge is -2.13. The largest absolute Gasteiger partial charge is 0.376 e. The van der Waals surface area contributed by atoms with Crippen LogP contribution in [0.5, 0.6) is 0 Å². The van der Waals surface area contributed by atoms with Crippen LogP contribution in [0, 0.1) is 0 Å². The molecule has 0 fully saturated rings. The summed E-state index contributed by atoms with van der Waals surface area (Å²) in [5, 5.41) is 8.64. The third kappa shape index (κ3) is 4.26. The van der Waals surface area contributed by atoms with Crippen LogP contribution in [0.15, 0.2) is 41.8 Å². The van der Waals surface area contributed by atoms with Gasteiger partial charge in [-0.2, -0.15) is 0 Å². The summed E-state index contributed by atoms with van der Waals surface area (Å²) in [6.45, 7) is 2.21. The summed E-state index contributed by atoms with van der Waals surface area (Å²) in [5.74, 6) is -0.0409. The molecular formula is C14H15ClN2OS. The molecule has 1 aromatic heterocycles. The molecule has 5 heteroatoms. The highest BCUT2D eigenvalue weighted by molar-refractivity contribution is 7.10. The van der Waals surface area contributed by atoms with E-state index in [1.165, 1.54) is 0 Å². The van der Waals surface area contributed by atoms with Gasteiger partial charge in [-0.1, -0.05) is 23.7 Å². The molecule has 1 amide bonds. The Bertz CT molecular complexity index is 542. The molecule has 1 atom stereocenters. The van der Waals surface area contributed by atoms with E-state index in [4.69, 9.17) is 11.6 Å². The van der Waals surface area contributed by atoms with Crippen molar-refractivity contribution in [1.82, 2.24) is 5.32 Å². The van der Waals surface area contributed by atoms with Gasteiger partial charge in [0.15, 0.2) is 0 Å². The normalized spacial score (nSPS) is 11.9. The van der Waals surface area contributed by atoms with E-state index in [2.05, 4.69) is 10.6 Å². The zero-order valence-electron chi connectivity index (χ0n) is 10.5. The molecule has 0 aliphatic carbocycles. The third-order valence-corrected chi connectivity index (χ3v) is 3.92. The van der Waals surface area contributed by atoms with Crippen LogP contribution < -0.4 is 10.6 Å². The maximum atomic E-state index is 11.8. The van der Waals surface area contributed by atoms with Gasteiger partial charge in [0.05, 0.1) is 12.6 Å². The van der Waals surface area contributed by atoms with Gasteiger partial charge in [0.2, 0.25) is 5.91 Å². The maximum absolute atomic E-state index is 11.8. The van der Waals surface area contributed by atoms with E-state index in [9.17, 15) is 4.79 Å². The molecule has 2 rings (SSSR count). The molecule has 1 unspecified atom stereocenters. The number of nitrogens with one attached hydrogen (secondary N) is 2. The fourth-order valence-electron chi connectivity index (χ4n) is 1.68. The molecule has 0 spiro atoms. The van der Waals surface area contributed by atoms with Crippen LogP contribution in [0.25, 0.3) is 0 Å². The topological polar surface area (TPSA) is 41.1 Å². The standard InChI is InChI=1S/C14H15ClN2OS/c1-10(13-6-3-7-19-13)17-14(18)9-16-12-5-2-4-11(15)8-12/h2-8,10,16H,9H2,1H3,(H,17,18). The molecular weight excluding hydrogens is 280 g/mol. The van der Waals surface area contributed by atoms with Crippen LogP contribution in [-0.2, 0) is 4.79 Å². The van der Waals surface area contributed by atoms with E-state index >= 15 is 0 Å². The van der Waals surface area contributed by atoms with Crippen LogP contribution in [0.2, 0.25) is 5.02 Å². The highest BCUT2D eigenvalue weighted by Crippen LogP contribution is 2.18. The number of thiophene rings is 1. The first-order chi connectivity index (χ1) is 9.15. The van der Waals surface area contributed by atoms with Crippen molar-refractivity contribution >= 4 is 34.5 Å². The monoisotopic (exact) mass is 294 g/mol. The zero-order valence-corrected chi connectivity index (χ0v) is 12.1. The number of amides is 1. The SMILES string of the molecule is CC(NC(=O)CNc1cccc(Cl)c1)c1cccs1. The van der Waals surface area contributed by atoms with Crippen LogP contribution in [0.4, 0.5) is 5.69 Å². The zero-order chi connectivity index (χ0) is 13.7. The predicted octanol–water partition coefficient (Wildman–Crippen LogP) is 3.69. The molecule has 0 aliphatic heterocycles. The minimum absolute atomic E-state index is 0.0358. The quantitative estimate of drug-likeness (QED) is 0.883. The van der Waals surface area contributed by atoms with E-state index < -0.39 is 0 Å². The third-order valence-electron chi connectivity index (χ3n) is 2.63. The number of carbonyl (C=O) groups excluding carboxylic acids is 1. The second kappa shape index (κ2) is 6.59. The summed E-state index contributed by atoms with van der Waals surface area (Å²) in [6, 6.07) is 11.3. The average molecular weight is 295 g/mol. The minimum Gasteiger partial charge on any atom is -0.376 e. The van der Waals surface area contributed by atoms with Gasteiger partial charge in [-0.05, 0) is 36.6 Å². The predicted molar refractivity (Wildman–Crippen MR) is 80.8 cm³/mol. The molecule has 19 heavy (non-hydrogen) atoms. The number of rotatable bonds is 5. The Kier molecular flexibility index (Phi) is 4.82. The van der Waals surface area contributed by atoms with Crippen molar-refractivity contribution in [3.05, 3.63) is 51.7 Å². The van der Waals surface area contributed by atoms with Gasteiger partial charge in [-0.15, -0.1) is 11.3 Å². The summed E-state index contributed by atoms with van der Waals surface area (Å²) < 4.78 is 0. The van der Waals surface area contributed by atoms with E-state index in [1.54, 1.807) is 23.5 Å². The van der Waals surface area contributed by atoms with E-state index in [1.807, 2.05) is 36.6 Å². The minimum atomic E-state index is -0.0409. The number of benzene rings is 1. The highest BCUT2D eigenvalue weighted by Gasteiger charge is 2.09. The highest BCUT2D eigenvalue weighted by atomic mass is 35.5. The Morgan fingerprint density at radius 1 is 1.37 bits per heavy atom. The van der Waals surface area contributed by atoms with Crippen molar-refractivity contribution in [3.8, 4) is 0 Å². The van der Waals surface area contributed by atoms with E-state index in [-0.39, 0.29) is 18.5 Å². The summed E-state index contributed by atoms with van der Waals surface area (Å²) in [5.41, 5.74) is 0.839. The molecule has 0 saturated heterocycles. The van der Waals surface area contributed by atoms with E-state index in [0.29, 0.717) is 5.02 Å². The van der Waals surface area contributed by atoms with Gasteiger partial charge in [-0.3, -0.25) is 4.79 Å². The van der Waals surface area contributed by atoms with Gasteiger partial charge < -0.3 is 10.6 Å². The molecule has 0 radical (unpaired) electrons. The molecule has 0 bridgehead atoms. The molecule has 100 valence electrons. The molecule has 1 heterocycles. The van der Waals surface area contributed by atoms with Crippen LogP contribution in [0.1, 0.15) is 17.8 Å². The molecule has 0 saturated carbocycles. The first-order valence-corrected chi connectivity index (χ1v) is 7.23. The first kappa shape index (κ1) is 13.9. The van der Waals surface area contributed by atoms with Crippen LogP contribution in [0.3, 0.4) is 0 Å². The summed E-state index contributed by atoms with van der Waals surface area (Å²) in [7, 11) is 0. The average Bonchev–Trinajstić information content (AvgIpc) is 2.90. The second-order valence-electron chi connectivity index (χ2n) is 4.17. The maximum Gasteiger partial charge on any atom is 0.239 e.